The lowest BCUT2D eigenvalue weighted by Crippen LogP contribution is -2.23. The maximum absolute atomic E-state index is 14.3. The molecule has 0 fully saturated rings. The van der Waals surface area contributed by atoms with Crippen molar-refractivity contribution in [1.29, 1.82) is 0 Å². The first-order valence-corrected chi connectivity index (χ1v) is 12.2. The van der Waals surface area contributed by atoms with Gasteiger partial charge in [-0.2, -0.15) is 13.2 Å². The van der Waals surface area contributed by atoms with Crippen LogP contribution >= 0.6 is 22.9 Å². The Balaban J connectivity index is 1.96. The van der Waals surface area contributed by atoms with E-state index in [1.165, 1.54) is 18.6 Å². The van der Waals surface area contributed by atoms with Gasteiger partial charge in [-0.25, -0.2) is 4.98 Å². The molecule has 0 bridgehead atoms. The van der Waals surface area contributed by atoms with Gasteiger partial charge in [0, 0.05) is 48.5 Å². The number of nitrogens with two attached hydrogens (primary N) is 1. The molecule has 0 aliphatic rings. The third-order valence-corrected chi connectivity index (χ3v) is 6.76. The fourth-order valence-electron chi connectivity index (χ4n) is 3.78. The Morgan fingerprint density at radius 3 is 2.48 bits per heavy atom. The predicted molar refractivity (Wildman–Crippen MR) is 132 cm³/mol. The second kappa shape index (κ2) is 11.2. The van der Waals surface area contributed by atoms with Crippen LogP contribution in [0.3, 0.4) is 0 Å². The highest BCUT2D eigenvalue weighted by Gasteiger charge is 2.39. The zero-order valence-electron chi connectivity index (χ0n) is 18.8. The molecule has 4 nitrogen and oxygen atoms in total. The van der Waals surface area contributed by atoms with Crippen LogP contribution in [0.2, 0.25) is 4.34 Å². The van der Waals surface area contributed by atoms with Crippen molar-refractivity contribution in [2.75, 3.05) is 24.2 Å². The van der Waals surface area contributed by atoms with E-state index < -0.39 is 11.7 Å². The van der Waals surface area contributed by atoms with Crippen LogP contribution in [0.4, 0.5) is 24.5 Å². The molecule has 1 aromatic carbocycles. The minimum Gasteiger partial charge on any atom is -0.398 e. The molecule has 2 heterocycles. The summed E-state index contributed by atoms with van der Waals surface area (Å²) in [6.07, 6.45) is 4.98. The number of nitrogens with zero attached hydrogens (tertiary/aromatic N) is 3. The Morgan fingerprint density at radius 2 is 1.82 bits per heavy atom. The Labute approximate surface area is 201 Å². The van der Waals surface area contributed by atoms with Crippen molar-refractivity contribution in [3.8, 4) is 21.8 Å². The van der Waals surface area contributed by atoms with Crippen molar-refractivity contribution in [3.63, 3.8) is 0 Å². The average molecular weight is 497 g/mol. The summed E-state index contributed by atoms with van der Waals surface area (Å²) >= 11 is 7.35. The second-order valence-electron chi connectivity index (χ2n) is 7.99. The first kappa shape index (κ1) is 25.3. The van der Waals surface area contributed by atoms with Gasteiger partial charge in [-0.05, 0) is 30.7 Å². The van der Waals surface area contributed by atoms with Crippen LogP contribution in [0.5, 0.6) is 0 Å². The van der Waals surface area contributed by atoms with Crippen LogP contribution in [-0.4, -0.2) is 23.6 Å². The Hall–Kier alpha value is -2.32. The number of pyridine rings is 1. The summed E-state index contributed by atoms with van der Waals surface area (Å²) in [5, 5.41) is 0.137. The zero-order chi connectivity index (χ0) is 24.0. The predicted octanol–water partition coefficient (Wildman–Crippen LogP) is 7.92. The molecule has 0 atom stereocenters. The van der Waals surface area contributed by atoms with Crippen molar-refractivity contribution < 1.29 is 13.2 Å². The van der Waals surface area contributed by atoms with Gasteiger partial charge in [0.1, 0.15) is 15.0 Å². The van der Waals surface area contributed by atoms with E-state index in [1.54, 1.807) is 36.5 Å². The number of halogens is 4. The normalized spacial score (nSPS) is 11.7. The number of thiazole rings is 1. The number of aromatic nitrogens is 2. The van der Waals surface area contributed by atoms with Crippen molar-refractivity contribution >= 4 is 34.3 Å². The minimum absolute atomic E-state index is 0.0159. The fourth-order valence-corrected chi connectivity index (χ4v) is 5.04. The summed E-state index contributed by atoms with van der Waals surface area (Å²) in [7, 11) is 1.69. The standard InChI is InChI=1S/C24H28ClF3N4S/c1-3-4-5-6-7-8-14-32(2)18-12-11-17(29)19(20(18)24(26,27)28)23-31-21(22(25)33-23)16-10-9-13-30-15-16/h9-13,15H,3-8,14,29H2,1-2H3. The molecule has 178 valence electrons. The highest BCUT2D eigenvalue weighted by atomic mass is 35.5. The monoisotopic (exact) mass is 496 g/mol. The van der Waals surface area contributed by atoms with Crippen LogP contribution in [0.15, 0.2) is 36.7 Å². The molecular weight excluding hydrogens is 469 g/mol. The van der Waals surface area contributed by atoms with E-state index in [0.29, 0.717) is 17.8 Å². The van der Waals surface area contributed by atoms with Gasteiger partial charge in [0.2, 0.25) is 0 Å². The van der Waals surface area contributed by atoms with E-state index in [-0.39, 0.29) is 26.3 Å². The number of alkyl halides is 3. The molecule has 9 heteroatoms. The van der Waals surface area contributed by atoms with Crippen LogP contribution < -0.4 is 10.6 Å². The molecule has 0 saturated heterocycles. The van der Waals surface area contributed by atoms with Gasteiger partial charge in [-0.1, -0.05) is 50.6 Å². The lowest BCUT2D eigenvalue weighted by molar-refractivity contribution is -0.136. The molecule has 2 N–H and O–H groups in total. The van der Waals surface area contributed by atoms with Crippen molar-refractivity contribution in [2.24, 2.45) is 0 Å². The molecule has 0 saturated carbocycles. The summed E-state index contributed by atoms with van der Waals surface area (Å²) in [4.78, 5) is 10.1. The zero-order valence-corrected chi connectivity index (χ0v) is 20.3. The van der Waals surface area contributed by atoms with Crippen molar-refractivity contribution in [3.05, 3.63) is 46.6 Å². The van der Waals surface area contributed by atoms with Gasteiger partial charge in [0.25, 0.3) is 0 Å². The summed E-state index contributed by atoms with van der Waals surface area (Å²) in [6.45, 7) is 2.68. The fraction of sp³-hybridized carbons (Fsp3) is 0.417. The minimum atomic E-state index is -4.61. The van der Waals surface area contributed by atoms with Gasteiger partial charge < -0.3 is 10.6 Å². The number of hydrogen-bond acceptors (Lipinski definition) is 5. The molecule has 0 amide bonds. The summed E-state index contributed by atoms with van der Waals surface area (Å²) in [6, 6.07) is 6.43. The van der Waals surface area contributed by atoms with Gasteiger partial charge in [0.05, 0.1) is 5.56 Å². The third kappa shape index (κ3) is 6.18. The molecule has 0 radical (unpaired) electrons. The summed E-state index contributed by atoms with van der Waals surface area (Å²) < 4.78 is 43.3. The van der Waals surface area contributed by atoms with Crippen LogP contribution in [0, 0.1) is 0 Å². The van der Waals surface area contributed by atoms with E-state index in [4.69, 9.17) is 17.3 Å². The first-order chi connectivity index (χ1) is 15.7. The number of benzene rings is 1. The SMILES string of the molecule is CCCCCCCCN(C)c1ccc(N)c(-c2nc(-c3cccnc3)c(Cl)s2)c1C(F)(F)F. The van der Waals surface area contributed by atoms with Crippen LogP contribution in [0.1, 0.15) is 51.0 Å². The van der Waals surface area contributed by atoms with Gasteiger partial charge >= 0.3 is 6.18 Å². The Morgan fingerprint density at radius 1 is 1.09 bits per heavy atom. The molecule has 3 aromatic rings. The molecule has 0 aliphatic carbocycles. The van der Waals surface area contributed by atoms with Gasteiger partial charge in [0.15, 0.2) is 0 Å². The van der Waals surface area contributed by atoms with Crippen LogP contribution in [0.25, 0.3) is 21.8 Å². The highest BCUT2D eigenvalue weighted by molar-refractivity contribution is 7.19. The Kier molecular flexibility index (Phi) is 8.59. The average Bonchev–Trinajstić information content (AvgIpc) is 3.16. The number of nitrogen functional groups attached to an aromatic ring is 1. The molecule has 0 unspecified atom stereocenters. The molecule has 33 heavy (non-hydrogen) atoms. The topological polar surface area (TPSA) is 55.0 Å². The van der Waals surface area contributed by atoms with Gasteiger partial charge in [-0.3, -0.25) is 4.98 Å². The van der Waals surface area contributed by atoms with Crippen LogP contribution in [-0.2, 0) is 6.18 Å². The summed E-state index contributed by atoms with van der Waals surface area (Å²) in [5.74, 6) is 0. The second-order valence-corrected chi connectivity index (χ2v) is 9.60. The molecule has 0 spiro atoms. The van der Waals surface area contributed by atoms with E-state index in [1.807, 2.05) is 0 Å². The smallest absolute Gasteiger partial charge is 0.398 e. The molecule has 3 rings (SSSR count). The lowest BCUT2D eigenvalue weighted by atomic mass is 10.0. The number of hydrogen-bond donors (Lipinski definition) is 1. The molecule has 0 aliphatic heterocycles. The Bertz CT molecular complexity index is 1050. The number of rotatable bonds is 10. The number of anilines is 2. The van der Waals surface area contributed by atoms with E-state index >= 15 is 0 Å². The maximum Gasteiger partial charge on any atom is 0.419 e. The molecular formula is C24H28ClF3N4S. The van der Waals surface area contributed by atoms with E-state index in [2.05, 4.69) is 16.9 Å². The van der Waals surface area contributed by atoms with E-state index in [0.717, 1.165) is 43.4 Å². The highest BCUT2D eigenvalue weighted by Crippen LogP contribution is 2.48. The molecule has 2 aromatic heterocycles. The van der Waals surface area contributed by atoms with Crippen molar-refractivity contribution in [2.45, 2.75) is 51.6 Å². The first-order valence-electron chi connectivity index (χ1n) is 11.0. The largest absolute Gasteiger partial charge is 0.419 e. The quantitative estimate of drug-likeness (QED) is 0.229. The third-order valence-electron chi connectivity index (χ3n) is 5.49. The number of unbranched alkanes of at least 4 members (excludes halogenated alkanes) is 5. The lowest BCUT2D eigenvalue weighted by Gasteiger charge is -2.26. The summed E-state index contributed by atoms with van der Waals surface area (Å²) in [5.41, 5.74) is 6.30. The van der Waals surface area contributed by atoms with E-state index in [9.17, 15) is 13.2 Å². The maximum atomic E-state index is 14.3. The van der Waals surface area contributed by atoms with Crippen molar-refractivity contribution in [1.82, 2.24) is 9.97 Å². The van der Waals surface area contributed by atoms with Gasteiger partial charge in [-0.15, -0.1) is 11.3 Å².